The molecule has 0 aliphatic carbocycles. The fourth-order valence-electron chi connectivity index (χ4n) is 1.10. The molecule has 0 bridgehead atoms. The Bertz CT molecular complexity index is 340. The number of oxime groups is 2. The van der Waals surface area contributed by atoms with Gasteiger partial charge in [0.2, 0.25) is 0 Å². The number of halogens is 3. The first kappa shape index (κ1) is 14.1. The highest BCUT2D eigenvalue weighted by Gasteiger charge is 2.37. The van der Waals surface area contributed by atoms with Crippen molar-refractivity contribution in [2.45, 2.75) is 32.0 Å². The molecular formula is C9H13F3N2O2S. The second kappa shape index (κ2) is 5.16. The summed E-state index contributed by atoms with van der Waals surface area (Å²) in [4.78, 5) is 9.22. The zero-order valence-corrected chi connectivity index (χ0v) is 10.5. The van der Waals surface area contributed by atoms with Gasteiger partial charge in [-0.1, -0.05) is 10.3 Å². The third kappa shape index (κ3) is 4.45. The lowest BCUT2D eigenvalue weighted by molar-refractivity contribution is -0.0617. The molecule has 8 heteroatoms. The molecule has 1 aliphatic heterocycles. The summed E-state index contributed by atoms with van der Waals surface area (Å²) in [5, 5.41) is 7.22. The summed E-state index contributed by atoms with van der Waals surface area (Å²) < 4.78 is 37.3. The Hall–Kier alpha value is -0.920. The van der Waals surface area contributed by atoms with Crippen LogP contribution in [0.15, 0.2) is 10.3 Å². The Balaban J connectivity index is 2.53. The van der Waals surface area contributed by atoms with Gasteiger partial charge in [0.25, 0.3) is 0 Å². The molecule has 0 aromatic carbocycles. The Labute approximate surface area is 101 Å². The van der Waals surface area contributed by atoms with Crippen LogP contribution in [-0.2, 0) is 9.68 Å². The summed E-state index contributed by atoms with van der Waals surface area (Å²) in [6.07, 6.45) is -3.99. The van der Waals surface area contributed by atoms with E-state index >= 15 is 0 Å². The third-order valence-corrected chi connectivity index (χ3v) is 2.85. The molecule has 4 nitrogen and oxygen atoms in total. The van der Waals surface area contributed by atoms with Crippen LogP contribution in [0, 0.1) is 0 Å². The van der Waals surface area contributed by atoms with E-state index in [9.17, 15) is 13.2 Å². The molecule has 1 rings (SSSR count). The van der Waals surface area contributed by atoms with Crippen molar-refractivity contribution in [2.75, 3.05) is 12.9 Å². The molecule has 17 heavy (non-hydrogen) atoms. The maximum atomic E-state index is 12.4. The normalized spacial score (nSPS) is 19.9. The van der Waals surface area contributed by atoms with Gasteiger partial charge in [0.05, 0.1) is 5.75 Å². The standard InChI is InChI=1S/C9H13F3N2O2S/c1-8(2)4-7(14-16-8)17-5-6(13-15-3)9(10,11)12/h4-5H2,1-3H3. The molecule has 0 spiro atoms. The van der Waals surface area contributed by atoms with Gasteiger partial charge in [0, 0.05) is 6.42 Å². The number of nitrogens with zero attached hydrogens (tertiary/aromatic N) is 2. The molecule has 0 amide bonds. The predicted molar refractivity (Wildman–Crippen MR) is 60.2 cm³/mol. The molecule has 0 N–H and O–H groups in total. The fraction of sp³-hybridized carbons (Fsp3) is 0.778. The average Bonchev–Trinajstić information content (AvgIpc) is 2.51. The van der Waals surface area contributed by atoms with Crippen molar-refractivity contribution < 1.29 is 22.8 Å². The first-order valence-electron chi connectivity index (χ1n) is 4.80. The van der Waals surface area contributed by atoms with Crippen molar-refractivity contribution in [3.63, 3.8) is 0 Å². The van der Waals surface area contributed by atoms with E-state index in [1.165, 1.54) is 0 Å². The first-order chi connectivity index (χ1) is 7.74. The Morgan fingerprint density at radius 1 is 1.59 bits per heavy atom. The molecule has 0 atom stereocenters. The minimum atomic E-state index is -4.49. The van der Waals surface area contributed by atoms with Crippen LogP contribution in [0.2, 0.25) is 0 Å². The van der Waals surface area contributed by atoms with Crippen LogP contribution < -0.4 is 0 Å². The summed E-state index contributed by atoms with van der Waals surface area (Å²) in [5.41, 5.74) is -1.42. The number of rotatable bonds is 3. The van der Waals surface area contributed by atoms with Crippen molar-refractivity contribution in [3.05, 3.63) is 0 Å². The van der Waals surface area contributed by atoms with Crippen LogP contribution in [-0.4, -0.2) is 35.4 Å². The summed E-state index contributed by atoms with van der Waals surface area (Å²) >= 11 is 0.955. The molecule has 0 aromatic rings. The van der Waals surface area contributed by atoms with E-state index in [-0.39, 0.29) is 5.75 Å². The third-order valence-electron chi connectivity index (χ3n) is 1.88. The molecule has 0 saturated heterocycles. The Morgan fingerprint density at radius 3 is 2.65 bits per heavy atom. The Morgan fingerprint density at radius 2 is 2.24 bits per heavy atom. The second-order valence-corrected chi connectivity index (χ2v) is 5.07. The minimum absolute atomic E-state index is 0.338. The molecular weight excluding hydrogens is 257 g/mol. The topological polar surface area (TPSA) is 43.2 Å². The molecule has 0 saturated carbocycles. The van der Waals surface area contributed by atoms with Crippen molar-refractivity contribution in [1.82, 2.24) is 0 Å². The molecule has 98 valence electrons. The van der Waals surface area contributed by atoms with E-state index in [0.29, 0.717) is 11.5 Å². The lowest BCUT2D eigenvalue weighted by Crippen LogP contribution is -2.26. The fourth-order valence-corrected chi connectivity index (χ4v) is 2.16. The van der Waals surface area contributed by atoms with Gasteiger partial charge in [0.1, 0.15) is 17.8 Å². The lowest BCUT2D eigenvalue weighted by Gasteiger charge is -2.13. The van der Waals surface area contributed by atoms with Crippen LogP contribution in [0.5, 0.6) is 0 Å². The highest BCUT2D eigenvalue weighted by Crippen LogP contribution is 2.29. The smallest absolute Gasteiger partial charge is 0.399 e. The van der Waals surface area contributed by atoms with Gasteiger partial charge < -0.3 is 9.68 Å². The molecule has 0 fully saturated rings. The van der Waals surface area contributed by atoms with Gasteiger partial charge >= 0.3 is 6.18 Å². The maximum absolute atomic E-state index is 12.4. The van der Waals surface area contributed by atoms with Crippen LogP contribution in [0.25, 0.3) is 0 Å². The largest absolute Gasteiger partial charge is 0.433 e. The predicted octanol–water partition coefficient (Wildman–Crippen LogP) is 2.80. The lowest BCUT2D eigenvalue weighted by atomic mass is 10.1. The van der Waals surface area contributed by atoms with E-state index in [1.54, 1.807) is 0 Å². The summed E-state index contributed by atoms with van der Waals surface area (Å²) in [6.45, 7) is 3.63. The van der Waals surface area contributed by atoms with Crippen LogP contribution >= 0.6 is 11.8 Å². The Kier molecular flexibility index (Phi) is 4.29. The van der Waals surface area contributed by atoms with E-state index in [2.05, 4.69) is 15.1 Å². The van der Waals surface area contributed by atoms with Gasteiger partial charge in [-0.05, 0) is 13.8 Å². The van der Waals surface area contributed by atoms with Crippen molar-refractivity contribution >= 4 is 22.5 Å². The number of hydrogen-bond acceptors (Lipinski definition) is 5. The zero-order valence-electron chi connectivity index (χ0n) is 9.67. The van der Waals surface area contributed by atoms with E-state index in [1.807, 2.05) is 13.8 Å². The maximum Gasteiger partial charge on any atom is 0.433 e. The van der Waals surface area contributed by atoms with Gasteiger partial charge in [-0.25, -0.2) is 0 Å². The zero-order chi connectivity index (χ0) is 13.1. The van der Waals surface area contributed by atoms with Gasteiger partial charge in [-0.2, -0.15) is 13.2 Å². The number of thioether (sulfide) groups is 1. The number of hydrogen-bond donors (Lipinski definition) is 0. The van der Waals surface area contributed by atoms with E-state index in [4.69, 9.17) is 4.84 Å². The van der Waals surface area contributed by atoms with Gasteiger partial charge in [-0.15, -0.1) is 11.8 Å². The first-order valence-corrected chi connectivity index (χ1v) is 5.78. The van der Waals surface area contributed by atoms with Crippen molar-refractivity contribution in [2.24, 2.45) is 10.3 Å². The van der Waals surface area contributed by atoms with Crippen LogP contribution in [0.4, 0.5) is 13.2 Å². The minimum Gasteiger partial charge on any atom is -0.399 e. The highest BCUT2D eigenvalue weighted by molar-refractivity contribution is 8.14. The van der Waals surface area contributed by atoms with Crippen molar-refractivity contribution in [1.29, 1.82) is 0 Å². The summed E-state index contributed by atoms with van der Waals surface area (Å²) in [7, 11) is 1.08. The van der Waals surface area contributed by atoms with Crippen LogP contribution in [0.3, 0.4) is 0 Å². The summed E-state index contributed by atoms with van der Waals surface area (Å²) in [5.74, 6) is -0.338. The van der Waals surface area contributed by atoms with Gasteiger partial charge in [-0.3, -0.25) is 0 Å². The quantitative estimate of drug-likeness (QED) is 0.585. The van der Waals surface area contributed by atoms with Crippen molar-refractivity contribution in [3.8, 4) is 0 Å². The molecule has 0 unspecified atom stereocenters. The van der Waals surface area contributed by atoms with E-state index in [0.717, 1.165) is 18.9 Å². The highest BCUT2D eigenvalue weighted by atomic mass is 32.2. The second-order valence-electron chi connectivity index (χ2n) is 4.02. The monoisotopic (exact) mass is 270 g/mol. The van der Waals surface area contributed by atoms with E-state index < -0.39 is 17.5 Å². The average molecular weight is 270 g/mol. The molecule has 1 aliphatic rings. The van der Waals surface area contributed by atoms with Crippen LogP contribution in [0.1, 0.15) is 20.3 Å². The number of alkyl halides is 3. The van der Waals surface area contributed by atoms with Gasteiger partial charge in [0.15, 0.2) is 5.71 Å². The summed E-state index contributed by atoms with van der Waals surface area (Å²) in [6, 6.07) is 0. The molecule has 0 aromatic heterocycles. The molecule has 1 heterocycles. The molecule has 0 radical (unpaired) electrons. The SMILES string of the molecule is CON=C(CSC1=NOC(C)(C)C1)C(F)(F)F.